The van der Waals surface area contributed by atoms with Crippen molar-refractivity contribution >= 4 is 32.3 Å². The zero-order valence-electron chi connectivity index (χ0n) is 15.5. The molecule has 0 aliphatic carbocycles. The minimum Gasteiger partial charge on any atom is -0.322 e. The second kappa shape index (κ2) is 7.44. The Morgan fingerprint density at radius 2 is 1.62 bits per heavy atom. The molecule has 4 aromatic rings. The van der Waals surface area contributed by atoms with Gasteiger partial charge in [-0.3, -0.25) is 9.78 Å². The van der Waals surface area contributed by atoms with Gasteiger partial charge in [-0.25, -0.2) is 13.4 Å². The molecule has 29 heavy (non-hydrogen) atoms. The van der Waals surface area contributed by atoms with E-state index >= 15 is 0 Å². The van der Waals surface area contributed by atoms with Crippen molar-refractivity contribution in [2.75, 3.05) is 11.6 Å². The Morgan fingerprint density at radius 1 is 0.897 bits per heavy atom. The number of hydrogen-bond acceptors (Lipinski definition) is 5. The molecule has 0 spiro atoms. The number of carbonyl (C=O) groups is 1. The monoisotopic (exact) mass is 403 g/mol. The van der Waals surface area contributed by atoms with Crippen LogP contribution in [0.1, 0.15) is 10.4 Å². The van der Waals surface area contributed by atoms with Gasteiger partial charge in [0.1, 0.15) is 0 Å². The molecule has 1 amide bonds. The molecule has 0 saturated carbocycles. The lowest BCUT2D eigenvalue weighted by molar-refractivity contribution is 0.102. The maximum atomic E-state index is 13.0. The maximum Gasteiger partial charge on any atom is 0.256 e. The first-order chi connectivity index (χ1) is 13.9. The molecule has 0 atom stereocenters. The van der Waals surface area contributed by atoms with Crippen LogP contribution in [-0.4, -0.2) is 30.5 Å². The molecule has 1 N–H and O–H groups in total. The van der Waals surface area contributed by atoms with Gasteiger partial charge in [-0.1, -0.05) is 24.3 Å². The van der Waals surface area contributed by atoms with Gasteiger partial charge in [0.2, 0.25) is 0 Å². The molecule has 0 radical (unpaired) electrons. The number of nitrogens with zero attached hydrogens (tertiary/aromatic N) is 2. The molecule has 0 saturated heterocycles. The summed E-state index contributed by atoms with van der Waals surface area (Å²) in [6.07, 6.45) is 2.82. The minimum absolute atomic E-state index is 0.197. The Balaban J connectivity index is 1.73. The molecule has 0 aliphatic heterocycles. The summed E-state index contributed by atoms with van der Waals surface area (Å²) in [5.41, 5.74) is 2.92. The highest BCUT2D eigenvalue weighted by Gasteiger charge is 2.15. The van der Waals surface area contributed by atoms with Gasteiger partial charge in [-0.05, 0) is 48.5 Å². The van der Waals surface area contributed by atoms with Crippen LogP contribution in [0.2, 0.25) is 0 Å². The third kappa shape index (κ3) is 4.00. The first-order valence-electron chi connectivity index (χ1n) is 8.84. The summed E-state index contributed by atoms with van der Waals surface area (Å²) in [5.74, 6) is -0.312. The van der Waals surface area contributed by atoms with E-state index in [2.05, 4.69) is 15.3 Å². The number of benzene rings is 2. The molecule has 0 aliphatic rings. The van der Waals surface area contributed by atoms with E-state index in [-0.39, 0.29) is 10.8 Å². The van der Waals surface area contributed by atoms with Crippen LogP contribution in [0.3, 0.4) is 0 Å². The van der Waals surface area contributed by atoms with E-state index in [9.17, 15) is 13.2 Å². The maximum absolute atomic E-state index is 13.0. The topological polar surface area (TPSA) is 89.0 Å². The van der Waals surface area contributed by atoms with E-state index in [4.69, 9.17) is 0 Å². The number of amides is 1. The number of sulfone groups is 1. The van der Waals surface area contributed by atoms with Crippen LogP contribution in [0, 0.1) is 0 Å². The Bertz CT molecular complexity index is 1300. The largest absolute Gasteiger partial charge is 0.322 e. The van der Waals surface area contributed by atoms with Crippen LogP contribution in [0.4, 0.5) is 5.69 Å². The number of pyridine rings is 2. The molecule has 4 rings (SSSR count). The van der Waals surface area contributed by atoms with Gasteiger partial charge in [0, 0.05) is 23.5 Å². The summed E-state index contributed by atoms with van der Waals surface area (Å²) < 4.78 is 23.2. The van der Waals surface area contributed by atoms with Crippen LogP contribution in [0.25, 0.3) is 22.3 Å². The predicted molar refractivity (Wildman–Crippen MR) is 112 cm³/mol. The molecule has 0 bridgehead atoms. The van der Waals surface area contributed by atoms with Gasteiger partial charge in [-0.15, -0.1) is 0 Å². The summed E-state index contributed by atoms with van der Waals surface area (Å²) in [7, 11) is -3.29. The first kappa shape index (κ1) is 18.8. The van der Waals surface area contributed by atoms with Crippen LogP contribution in [0.5, 0.6) is 0 Å². The average molecular weight is 403 g/mol. The molecular weight excluding hydrogens is 386 g/mol. The van der Waals surface area contributed by atoms with Gasteiger partial charge in [0.15, 0.2) is 9.84 Å². The second-order valence-electron chi connectivity index (χ2n) is 6.54. The summed E-state index contributed by atoms with van der Waals surface area (Å²) in [6.45, 7) is 0. The van der Waals surface area contributed by atoms with Crippen molar-refractivity contribution in [3.8, 4) is 11.4 Å². The summed E-state index contributed by atoms with van der Waals surface area (Å²) in [5, 5.41) is 3.55. The lowest BCUT2D eigenvalue weighted by Gasteiger charge is -2.11. The van der Waals surface area contributed by atoms with E-state index in [1.807, 2.05) is 42.5 Å². The highest BCUT2D eigenvalue weighted by molar-refractivity contribution is 7.90. The van der Waals surface area contributed by atoms with E-state index in [0.29, 0.717) is 28.2 Å². The molecule has 2 aromatic heterocycles. The highest BCUT2D eigenvalue weighted by atomic mass is 32.2. The molecule has 2 aromatic carbocycles. The Morgan fingerprint density at radius 3 is 2.31 bits per heavy atom. The number of hydrogen-bond donors (Lipinski definition) is 1. The number of fused-ring (bicyclic) bond motifs is 1. The standard InChI is InChI=1S/C22H17N3O3S/c1-29(27,28)16-11-9-15(10-12-16)24-22(26)18-14-21(20-8-4-5-13-23-20)25-19-7-3-2-6-17(18)19/h2-14H,1H3,(H,24,26). The number of aromatic nitrogens is 2. The number of nitrogens with one attached hydrogen (secondary N) is 1. The number of anilines is 1. The van der Waals surface area contributed by atoms with E-state index in [0.717, 1.165) is 11.6 Å². The minimum atomic E-state index is -3.29. The smallest absolute Gasteiger partial charge is 0.256 e. The van der Waals surface area contributed by atoms with Gasteiger partial charge in [-0.2, -0.15) is 0 Å². The van der Waals surface area contributed by atoms with Crippen molar-refractivity contribution in [1.29, 1.82) is 0 Å². The fraction of sp³-hybridized carbons (Fsp3) is 0.0455. The summed E-state index contributed by atoms with van der Waals surface area (Å²) in [6, 6.07) is 20.7. The molecule has 6 nitrogen and oxygen atoms in total. The summed E-state index contributed by atoms with van der Waals surface area (Å²) >= 11 is 0. The number of para-hydroxylation sites is 1. The van der Waals surface area contributed by atoms with E-state index < -0.39 is 9.84 Å². The highest BCUT2D eigenvalue weighted by Crippen LogP contribution is 2.25. The lowest BCUT2D eigenvalue weighted by Crippen LogP contribution is -2.13. The van der Waals surface area contributed by atoms with Crippen molar-refractivity contribution < 1.29 is 13.2 Å². The average Bonchev–Trinajstić information content (AvgIpc) is 2.73. The fourth-order valence-electron chi connectivity index (χ4n) is 2.99. The third-order valence-electron chi connectivity index (χ3n) is 4.43. The third-order valence-corrected chi connectivity index (χ3v) is 5.56. The van der Waals surface area contributed by atoms with E-state index in [1.54, 1.807) is 24.4 Å². The molecular formula is C22H17N3O3S. The Hall–Kier alpha value is -3.58. The lowest BCUT2D eigenvalue weighted by atomic mass is 10.1. The van der Waals surface area contributed by atoms with Crippen LogP contribution >= 0.6 is 0 Å². The first-order valence-corrected chi connectivity index (χ1v) is 10.7. The van der Waals surface area contributed by atoms with Crippen LogP contribution < -0.4 is 5.32 Å². The van der Waals surface area contributed by atoms with Gasteiger partial charge >= 0.3 is 0 Å². The van der Waals surface area contributed by atoms with Crippen molar-refractivity contribution in [2.45, 2.75) is 4.90 Å². The normalized spacial score (nSPS) is 11.3. The number of rotatable bonds is 4. The van der Waals surface area contributed by atoms with Crippen molar-refractivity contribution in [2.24, 2.45) is 0 Å². The zero-order chi connectivity index (χ0) is 20.4. The van der Waals surface area contributed by atoms with Crippen molar-refractivity contribution in [3.63, 3.8) is 0 Å². The molecule has 0 fully saturated rings. The van der Waals surface area contributed by atoms with Crippen LogP contribution in [0.15, 0.2) is 83.9 Å². The molecule has 7 heteroatoms. The fourth-order valence-corrected chi connectivity index (χ4v) is 3.62. The van der Waals surface area contributed by atoms with Crippen LogP contribution in [-0.2, 0) is 9.84 Å². The molecule has 144 valence electrons. The Labute approximate surface area is 168 Å². The molecule has 0 unspecified atom stereocenters. The SMILES string of the molecule is CS(=O)(=O)c1ccc(NC(=O)c2cc(-c3ccccn3)nc3ccccc23)cc1. The Kier molecular flexibility index (Phi) is 4.82. The van der Waals surface area contributed by atoms with Gasteiger partial charge < -0.3 is 5.32 Å². The van der Waals surface area contributed by atoms with Crippen molar-refractivity contribution in [3.05, 3.63) is 84.6 Å². The summed E-state index contributed by atoms with van der Waals surface area (Å²) in [4.78, 5) is 22.2. The zero-order valence-corrected chi connectivity index (χ0v) is 16.3. The molecule has 2 heterocycles. The van der Waals surface area contributed by atoms with Gasteiger partial charge in [0.05, 0.1) is 27.4 Å². The predicted octanol–water partition coefficient (Wildman–Crippen LogP) is 3.95. The van der Waals surface area contributed by atoms with Gasteiger partial charge in [0.25, 0.3) is 5.91 Å². The van der Waals surface area contributed by atoms with E-state index in [1.165, 1.54) is 12.1 Å². The second-order valence-corrected chi connectivity index (χ2v) is 8.55. The number of carbonyl (C=O) groups excluding carboxylic acids is 1. The quantitative estimate of drug-likeness (QED) is 0.557. The van der Waals surface area contributed by atoms with Crippen molar-refractivity contribution in [1.82, 2.24) is 9.97 Å².